The number of aromatic nitrogens is 2. The summed E-state index contributed by atoms with van der Waals surface area (Å²) in [5.41, 5.74) is 4.36. The molecule has 1 aliphatic heterocycles. The summed E-state index contributed by atoms with van der Waals surface area (Å²) in [6.07, 6.45) is 0.482. The number of carbonyl (C=O) groups is 1. The number of anilines is 1. The number of rotatable bonds is 1. The molecule has 5 heteroatoms. The Morgan fingerprint density at radius 1 is 1.16 bits per heavy atom. The first-order valence-corrected chi connectivity index (χ1v) is 8.33. The molecule has 2 aromatic carbocycles. The molecule has 2 aromatic heterocycles. The van der Waals surface area contributed by atoms with E-state index in [9.17, 15) is 4.79 Å². The number of hydrogen-bond donors (Lipinski definition) is 2. The first kappa shape index (κ1) is 14.3. The molecule has 3 heterocycles. The Hall–Kier alpha value is -3.08. The lowest BCUT2D eigenvalue weighted by Gasteiger charge is -2.31. The van der Waals surface area contributed by atoms with E-state index in [0.717, 1.165) is 33.3 Å². The number of imidazole rings is 1. The van der Waals surface area contributed by atoms with Crippen molar-refractivity contribution in [1.29, 1.82) is 0 Å². The lowest BCUT2D eigenvalue weighted by atomic mass is 9.78. The maximum atomic E-state index is 11.9. The summed E-state index contributed by atoms with van der Waals surface area (Å²) in [4.78, 5) is 20.0. The van der Waals surface area contributed by atoms with Gasteiger partial charge in [-0.3, -0.25) is 4.79 Å². The molecule has 0 atom stereocenters. The van der Waals surface area contributed by atoms with Crippen LogP contribution in [0.5, 0.6) is 0 Å². The largest absolute Gasteiger partial charge is 0.453 e. The van der Waals surface area contributed by atoms with Crippen LogP contribution in [0.1, 0.15) is 25.8 Å². The lowest BCUT2D eigenvalue weighted by molar-refractivity contribution is -0.117. The standard InChI is InChI=1S/C20H17N3O2/c1-20(2)10-18(24)21-13-9-15-14(8-12(13)20)22-19(23-15)17-7-11-5-3-4-6-16(11)25-17/h3-9H,10H2,1-2H3,(H,21,24)(H,22,23). The van der Waals surface area contributed by atoms with Crippen molar-refractivity contribution >= 4 is 33.6 Å². The summed E-state index contributed by atoms with van der Waals surface area (Å²) in [6.45, 7) is 4.18. The number of carbonyl (C=O) groups excluding carboxylic acids is 1. The maximum absolute atomic E-state index is 11.9. The first-order chi connectivity index (χ1) is 12.0. The summed E-state index contributed by atoms with van der Waals surface area (Å²) in [6, 6.07) is 13.9. The summed E-state index contributed by atoms with van der Waals surface area (Å²) < 4.78 is 5.90. The van der Waals surface area contributed by atoms with Crippen LogP contribution in [-0.2, 0) is 10.2 Å². The molecule has 2 N–H and O–H groups in total. The third-order valence-corrected chi connectivity index (χ3v) is 4.89. The molecular weight excluding hydrogens is 314 g/mol. The Morgan fingerprint density at radius 2 is 2.00 bits per heavy atom. The van der Waals surface area contributed by atoms with E-state index < -0.39 is 0 Å². The highest BCUT2D eigenvalue weighted by atomic mass is 16.3. The van der Waals surface area contributed by atoms with Crippen LogP contribution >= 0.6 is 0 Å². The molecule has 5 rings (SSSR count). The van der Waals surface area contributed by atoms with Crippen LogP contribution < -0.4 is 5.32 Å². The fourth-order valence-electron chi connectivity index (χ4n) is 3.63. The van der Waals surface area contributed by atoms with Gasteiger partial charge in [0.05, 0.1) is 11.0 Å². The average molecular weight is 331 g/mol. The third-order valence-electron chi connectivity index (χ3n) is 4.89. The minimum Gasteiger partial charge on any atom is -0.453 e. The minimum absolute atomic E-state index is 0.0462. The number of benzene rings is 2. The molecule has 25 heavy (non-hydrogen) atoms. The quantitative estimate of drug-likeness (QED) is 0.535. The van der Waals surface area contributed by atoms with Crippen LogP contribution in [-0.4, -0.2) is 15.9 Å². The van der Waals surface area contributed by atoms with Gasteiger partial charge in [-0.05, 0) is 29.8 Å². The van der Waals surface area contributed by atoms with E-state index in [2.05, 4.69) is 35.2 Å². The highest BCUT2D eigenvalue weighted by Gasteiger charge is 2.32. The summed E-state index contributed by atoms with van der Waals surface area (Å²) in [7, 11) is 0. The molecular formula is C20H17N3O2. The third kappa shape index (κ3) is 2.16. The molecule has 0 radical (unpaired) electrons. The SMILES string of the molecule is CC1(C)CC(=O)Nc2cc3nc(-c4cc5ccccc5o4)[nH]c3cc21. The molecule has 0 fully saturated rings. The Bertz CT molecular complexity index is 1120. The van der Waals surface area contributed by atoms with Gasteiger partial charge in [-0.25, -0.2) is 4.98 Å². The Kier molecular flexibility index (Phi) is 2.70. The summed E-state index contributed by atoms with van der Waals surface area (Å²) in [5.74, 6) is 1.45. The molecule has 0 saturated carbocycles. The van der Waals surface area contributed by atoms with E-state index in [1.54, 1.807) is 0 Å². The second-order valence-corrected chi connectivity index (χ2v) is 7.26. The van der Waals surface area contributed by atoms with E-state index in [4.69, 9.17) is 4.42 Å². The van der Waals surface area contributed by atoms with Gasteiger partial charge in [-0.15, -0.1) is 0 Å². The summed E-state index contributed by atoms with van der Waals surface area (Å²) in [5, 5.41) is 4.01. The Morgan fingerprint density at radius 3 is 2.84 bits per heavy atom. The fraction of sp³-hybridized carbons (Fsp3) is 0.200. The summed E-state index contributed by atoms with van der Waals surface area (Å²) >= 11 is 0. The van der Waals surface area contributed by atoms with Crippen molar-refractivity contribution in [2.75, 3.05) is 5.32 Å². The van der Waals surface area contributed by atoms with Gasteiger partial charge in [0.2, 0.25) is 5.91 Å². The molecule has 0 unspecified atom stereocenters. The van der Waals surface area contributed by atoms with Crippen molar-refractivity contribution < 1.29 is 9.21 Å². The number of H-pyrrole nitrogens is 1. The number of fused-ring (bicyclic) bond motifs is 3. The van der Waals surface area contributed by atoms with Gasteiger partial charge in [0, 0.05) is 22.9 Å². The zero-order valence-corrected chi connectivity index (χ0v) is 14.0. The number of nitrogens with zero attached hydrogens (tertiary/aromatic N) is 1. The van der Waals surface area contributed by atoms with Gasteiger partial charge < -0.3 is 14.7 Å². The van der Waals surface area contributed by atoms with Crippen LogP contribution in [0.4, 0.5) is 5.69 Å². The molecule has 5 nitrogen and oxygen atoms in total. The lowest BCUT2D eigenvalue weighted by Crippen LogP contribution is -2.32. The number of aromatic amines is 1. The van der Waals surface area contributed by atoms with Crippen molar-refractivity contribution in [3.8, 4) is 11.6 Å². The van der Waals surface area contributed by atoms with E-state index >= 15 is 0 Å². The van der Waals surface area contributed by atoms with Gasteiger partial charge in [0.1, 0.15) is 5.58 Å². The number of furan rings is 1. The molecule has 4 aromatic rings. The van der Waals surface area contributed by atoms with Gasteiger partial charge in [-0.2, -0.15) is 0 Å². The van der Waals surface area contributed by atoms with Gasteiger partial charge in [-0.1, -0.05) is 32.0 Å². The van der Waals surface area contributed by atoms with E-state index in [1.807, 2.05) is 36.4 Å². The van der Waals surface area contributed by atoms with Crippen LogP contribution in [0.15, 0.2) is 46.9 Å². The van der Waals surface area contributed by atoms with Crippen LogP contribution in [0.25, 0.3) is 33.6 Å². The highest BCUT2D eigenvalue weighted by Crippen LogP contribution is 2.39. The Labute approximate surface area is 144 Å². The highest BCUT2D eigenvalue weighted by molar-refractivity contribution is 5.98. The maximum Gasteiger partial charge on any atom is 0.225 e. The molecule has 1 amide bonds. The number of nitrogens with one attached hydrogen (secondary N) is 2. The number of hydrogen-bond acceptors (Lipinski definition) is 3. The molecule has 0 bridgehead atoms. The normalized spacial score (nSPS) is 16.2. The number of para-hydroxylation sites is 1. The molecule has 1 aliphatic rings. The zero-order chi connectivity index (χ0) is 17.2. The van der Waals surface area contributed by atoms with E-state index in [0.29, 0.717) is 18.0 Å². The molecule has 0 saturated heterocycles. The van der Waals surface area contributed by atoms with Gasteiger partial charge >= 0.3 is 0 Å². The molecule has 0 spiro atoms. The van der Waals surface area contributed by atoms with E-state index in [1.165, 1.54) is 0 Å². The molecule has 0 aliphatic carbocycles. The monoisotopic (exact) mass is 331 g/mol. The topological polar surface area (TPSA) is 70.9 Å². The fourth-order valence-corrected chi connectivity index (χ4v) is 3.63. The minimum atomic E-state index is -0.198. The Balaban J connectivity index is 1.68. The second-order valence-electron chi connectivity index (χ2n) is 7.26. The van der Waals surface area contributed by atoms with Crippen molar-refractivity contribution in [1.82, 2.24) is 9.97 Å². The van der Waals surface area contributed by atoms with Crippen molar-refractivity contribution in [2.24, 2.45) is 0 Å². The predicted molar refractivity (Wildman–Crippen MR) is 97.6 cm³/mol. The van der Waals surface area contributed by atoms with Crippen molar-refractivity contribution in [3.05, 3.63) is 48.0 Å². The zero-order valence-electron chi connectivity index (χ0n) is 14.0. The van der Waals surface area contributed by atoms with Crippen molar-refractivity contribution in [3.63, 3.8) is 0 Å². The van der Waals surface area contributed by atoms with Crippen LogP contribution in [0.3, 0.4) is 0 Å². The van der Waals surface area contributed by atoms with Crippen LogP contribution in [0, 0.1) is 0 Å². The first-order valence-electron chi connectivity index (χ1n) is 8.33. The smallest absolute Gasteiger partial charge is 0.225 e. The van der Waals surface area contributed by atoms with Gasteiger partial charge in [0.25, 0.3) is 0 Å². The van der Waals surface area contributed by atoms with Crippen LogP contribution in [0.2, 0.25) is 0 Å². The van der Waals surface area contributed by atoms with Gasteiger partial charge in [0.15, 0.2) is 11.6 Å². The molecule has 124 valence electrons. The number of amides is 1. The second kappa shape index (κ2) is 4.72. The van der Waals surface area contributed by atoms with E-state index in [-0.39, 0.29) is 11.3 Å². The van der Waals surface area contributed by atoms with Crippen molar-refractivity contribution in [2.45, 2.75) is 25.7 Å². The predicted octanol–water partition coefficient (Wildman–Crippen LogP) is 4.60. The average Bonchev–Trinajstić information content (AvgIpc) is 3.15.